The summed E-state index contributed by atoms with van der Waals surface area (Å²) >= 11 is 0. The van der Waals surface area contributed by atoms with Crippen molar-refractivity contribution in [3.63, 3.8) is 0 Å². The van der Waals surface area contributed by atoms with Gasteiger partial charge in [0, 0.05) is 19.6 Å². The first-order valence-electron chi connectivity index (χ1n) is 12.6. The van der Waals surface area contributed by atoms with Gasteiger partial charge in [-0.25, -0.2) is 4.79 Å². The minimum atomic E-state index is -0.477. The van der Waals surface area contributed by atoms with Crippen LogP contribution in [0.2, 0.25) is 0 Å². The molecule has 2 atom stereocenters. The first kappa shape index (κ1) is 24.1. The normalized spacial score (nSPS) is 19.0. The average molecular weight is 484 g/mol. The predicted octanol–water partition coefficient (Wildman–Crippen LogP) is 5.23. The third-order valence-corrected chi connectivity index (χ3v) is 7.12. The van der Waals surface area contributed by atoms with Crippen LogP contribution in [-0.2, 0) is 29.3 Å². The number of rotatable bonds is 8. The summed E-state index contributed by atoms with van der Waals surface area (Å²) in [6, 6.07) is 25.7. The van der Waals surface area contributed by atoms with Gasteiger partial charge in [0.05, 0.1) is 6.04 Å². The van der Waals surface area contributed by atoms with E-state index >= 15 is 0 Å². The van der Waals surface area contributed by atoms with E-state index in [0.717, 1.165) is 23.1 Å². The van der Waals surface area contributed by atoms with E-state index in [1.165, 1.54) is 16.2 Å². The highest BCUT2D eigenvalue weighted by Gasteiger charge is 2.48. The number of nitrogens with zero attached hydrogens (tertiary/aromatic N) is 3. The lowest BCUT2D eigenvalue weighted by Crippen LogP contribution is -2.50. The van der Waals surface area contributed by atoms with Crippen LogP contribution in [0.5, 0.6) is 0 Å². The van der Waals surface area contributed by atoms with Crippen LogP contribution in [0.25, 0.3) is 0 Å². The number of hydrogen-bond acceptors (Lipinski definition) is 3. The quantitative estimate of drug-likeness (QED) is 0.441. The van der Waals surface area contributed by atoms with E-state index in [9.17, 15) is 9.59 Å². The molecule has 2 aliphatic rings. The van der Waals surface area contributed by atoms with Gasteiger partial charge in [-0.15, -0.1) is 0 Å². The summed E-state index contributed by atoms with van der Waals surface area (Å²) in [4.78, 5) is 36.8. The Balaban J connectivity index is 1.32. The fraction of sp³-hybridized carbons (Fsp3) is 0.333. The van der Waals surface area contributed by atoms with E-state index in [-0.39, 0.29) is 18.0 Å². The molecular formula is C30H33N3O3. The van der Waals surface area contributed by atoms with Gasteiger partial charge < -0.3 is 9.80 Å². The minimum absolute atomic E-state index is 0.00661. The summed E-state index contributed by atoms with van der Waals surface area (Å²) in [5.74, 6) is -0.00661. The molecule has 2 saturated heterocycles. The van der Waals surface area contributed by atoms with Crippen molar-refractivity contribution >= 4 is 11.9 Å². The Bertz CT molecular complexity index is 1150. The maximum Gasteiger partial charge on any atom is 0.345 e. The second-order valence-corrected chi connectivity index (χ2v) is 9.93. The molecular weight excluding hydrogens is 450 g/mol. The zero-order valence-corrected chi connectivity index (χ0v) is 21.0. The minimum Gasteiger partial charge on any atom is -0.332 e. The molecule has 3 aromatic carbocycles. The van der Waals surface area contributed by atoms with E-state index in [4.69, 9.17) is 4.84 Å². The van der Waals surface area contributed by atoms with Crippen LogP contribution in [0.15, 0.2) is 78.9 Å². The number of benzene rings is 3. The standard InChI is InChI=1S/C30H33N3O3/c1-22-8-12-24(13-9-22)18-31(19-25-14-10-23(2)11-15-25)29(34)28-17-16-27-20-32(28)30(35)33(27)36-21-26-6-4-3-5-7-26/h3-15,27-28H,16-21H2,1-2H3/t27?,28-/m0/s1. The zero-order chi connectivity index (χ0) is 25.1. The predicted molar refractivity (Wildman–Crippen MR) is 139 cm³/mol. The third kappa shape index (κ3) is 5.29. The van der Waals surface area contributed by atoms with Gasteiger partial charge in [0.1, 0.15) is 12.6 Å². The van der Waals surface area contributed by atoms with Crippen molar-refractivity contribution in [2.24, 2.45) is 0 Å². The van der Waals surface area contributed by atoms with Crippen LogP contribution in [0.3, 0.4) is 0 Å². The van der Waals surface area contributed by atoms with E-state index in [1.807, 2.05) is 35.2 Å². The SMILES string of the molecule is Cc1ccc(CN(Cc2ccc(C)cc2)C(=O)[C@@H]2CCC3CN2C(=O)N3OCc2ccccc2)cc1. The van der Waals surface area contributed by atoms with Gasteiger partial charge in [-0.05, 0) is 43.4 Å². The summed E-state index contributed by atoms with van der Waals surface area (Å²) in [6.45, 7) is 5.98. The summed E-state index contributed by atoms with van der Waals surface area (Å²) in [5, 5.41) is 1.49. The first-order valence-corrected chi connectivity index (χ1v) is 12.6. The highest BCUT2D eigenvalue weighted by Crippen LogP contribution is 2.32. The van der Waals surface area contributed by atoms with Crippen LogP contribution >= 0.6 is 0 Å². The van der Waals surface area contributed by atoms with Crippen LogP contribution in [0.4, 0.5) is 4.79 Å². The molecule has 5 rings (SSSR count). The van der Waals surface area contributed by atoms with E-state index in [0.29, 0.717) is 32.7 Å². The number of carbonyl (C=O) groups excluding carboxylic acids is 2. The topological polar surface area (TPSA) is 53.1 Å². The summed E-state index contributed by atoms with van der Waals surface area (Å²) in [6.07, 6.45) is 1.38. The highest BCUT2D eigenvalue weighted by molar-refractivity contribution is 5.88. The third-order valence-electron chi connectivity index (χ3n) is 7.12. The number of hydrogen-bond donors (Lipinski definition) is 0. The maximum atomic E-state index is 13.9. The molecule has 2 fully saturated rings. The second-order valence-electron chi connectivity index (χ2n) is 9.93. The van der Waals surface area contributed by atoms with Crippen molar-refractivity contribution in [2.45, 2.75) is 58.5 Å². The van der Waals surface area contributed by atoms with Crippen molar-refractivity contribution in [3.05, 3.63) is 107 Å². The average Bonchev–Trinajstić information content (AvgIpc) is 3.14. The molecule has 2 aliphatic heterocycles. The zero-order valence-electron chi connectivity index (χ0n) is 21.0. The molecule has 0 radical (unpaired) electrons. The molecule has 0 saturated carbocycles. The van der Waals surface area contributed by atoms with Crippen molar-refractivity contribution in [2.75, 3.05) is 6.54 Å². The van der Waals surface area contributed by atoms with Gasteiger partial charge in [-0.1, -0.05) is 90.0 Å². The molecule has 3 aromatic rings. The Morgan fingerprint density at radius 3 is 2.00 bits per heavy atom. The van der Waals surface area contributed by atoms with Gasteiger partial charge in [-0.2, -0.15) is 5.06 Å². The van der Waals surface area contributed by atoms with Crippen molar-refractivity contribution < 1.29 is 14.4 Å². The Hall–Kier alpha value is -3.64. The largest absolute Gasteiger partial charge is 0.345 e. The lowest BCUT2D eigenvalue weighted by molar-refractivity contribution is -0.141. The van der Waals surface area contributed by atoms with Gasteiger partial charge in [0.2, 0.25) is 5.91 Å². The fourth-order valence-electron chi connectivity index (χ4n) is 5.02. The van der Waals surface area contributed by atoms with Crippen molar-refractivity contribution in [1.82, 2.24) is 14.9 Å². The Kier molecular flexibility index (Phi) is 7.05. The number of aryl methyl sites for hydroxylation is 2. The maximum absolute atomic E-state index is 13.9. The number of amides is 3. The number of carbonyl (C=O) groups is 2. The molecule has 36 heavy (non-hydrogen) atoms. The molecule has 0 spiro atoms. The Morgan fingerprint density at radius 1 is 0.833 bits per heavy atom. The lowest BCUT2D eigenvalue weighted by Gasteiger charge is -2.34. The summed E-state index contributed by atoms with van der Waals surface area (Å²) < 4.78 is 0. The van der Waals surface area contributed by atoms with Crippen molar-refractivity contribution in [3.8, 4) is 0 Å². The summed E-state index contributed by atoms with van der Waals surface area (Å²) in [5.41, 5.74) is 5.54. The molecule has 1 unspecified atom stereocenters. The Morgan fingerprint density at radius 2 is 1.42 bits per heavy atom. The lowest BCUT2D eigenvalue weighted by atomic mass is 9.99. The van der Waals surface area contributed by atoms with Crippen molar-refractivity contribution in [1.29, 1.82) is 0 Å². The van der Waals surface area contributed by atoms with E-state index in [1.54, 1.807) is 4.90 Å². The molecule has 3 amide bonds. The fourth-order valence-corrected chi connectivity index (χ4v) is 5.02. The van der Waals surface area contributed by atoms with E-state index < -0.39 is 6.04 Å². The molecule has 2 heterocycles. The van der Waals surface area contributed by atoms with Gasteiger partial charge in [0.15, 0.2) is 0 Å². The molecule has 6 nitrogen and oxygen atoms in total. The molecule has 0 aromatic heterocycles. The number of hydroxylamine groups is 2. The monoisotopic (exact) mass is 483 g/mol. The van der Waals surface area contributed by atoms with Gasteiger partial charge >= 0.3 is 6.03 Å². The summed E-state index contributed by atoms with van der Waals surface area (Å²) in [7, 11) is 0. The number of fused-ring (bicyclic) bond motifs is 2. The van der Waals surface area contributed by atoms with Crippen LogP contribution in [-0.4, -0.2) is 45.4 Å². The molecule has 186 valence electrons. The number of piperidine rings is 1. The Labute approximate surface area is 213 Å². The second kappa shape index (κ2) is 10.5. The number of urea groups is 1. The van der Waals surface area contributed by atoms with E-state index in [2.05, 4.69) is 62.4 Å². The first-order chi connectivity index (χ1) is 17.5. The van der Waals surface area contributed by atoms with Gasteiger partial charge in [-0.3, -0.25) is 9.63 Å². The smallest absolute Gasteiger partial charge is 0.332 e. The molecule has 6 heteroatoms. The molecule has 0 aliphatic carbocycles. The van der Waals surface area contributed by atoms with Gasteiger partial charge in [0.25, 0.3) is 0 Å². The van der Waals surface area contributed by atoms with Crippen LogP contribution < -0.4 is 0 Å². The highest BCUT2D eigenvalue weighted by atomic mass is 16.7. The molecule has 0 N–H and O–H groups in total. The van der Waals surface area contributed by atoms with Crippen LogP contribution in [0.1, 0.15) is 40.7 Å². The van der Waals surface area contributed by atoms with Crippen LogP contribution in [0, 0.1) is 13.8 Å². The molecule has 2 bridgehead atoms.